The standard InChI is InChI=1S/C26H34N2O7S/c1-26(2,3)35-25(30)22(11-8-12-24(29)33-4)28-16-15-27-21-17-20(13-14-23(21)36(28,31)32)34-18-19-9-6-5-7-10-19/h5-7,9-10,13-14,17,22,27H,8,11-12,15-16,18H2,1-4H3/t22-/m1/s1. The van der Waals surface area contributed by atoms with Crippen LogP contribution >= 0.6 is 0 Å². The third-order valence-electron chi connectivity index (χ3n) is 5.55. The second-order valence-electron chi connectivity index (χ2n) is 9.49. The zero-order valence-electron chi connectivity index (χ0n) is 21.2. The van der Waals surface area contributed by atoms with E-state index in [1.165, 1.54) is 17.5 Å². The highest BCUT2D eigenvalue weighted by molar-refractivity contribution is 7.89. The Morgan fingerprint density at radius 1 is 1.11 bits per heavy atom. The molecule has 0 saturated carbocycles. The first-order chi connectivity index (χ1) is 17.0. The summed E-state index contributed by atoms with van der Waals surface area (Å²) in [6.07, 6.45) is 0.465. The number of nitrogens with one attached hydrogen (secondary N) is 1. The third-order valence-corrected chi connectivity index (χ3v) is 7.51. The number of anilines is 1. The van der Waals surface area contributed by atoms with E-state index in [0.29, 0.717) is 18.0 Å². The summed E-state index contributed by atoms with van der Waals surface area (Å²) in [5, 5.41) is 3.15. The molecule has 0 fully saturated rings. The zero-order valence-corrected chi connectivity index (χ0v) is 22.0. The molecule has 1 aliphatic heterocycles. The maximum atomic E-state index is 13.7. The Kier molecular flexibility index (Phi) is 8.97. The van der Waals surface area contributed by atoms with Crippen LogP contribution in [0.25, 0.3) is 0 Å². The smallest absolute Gasteiger partial charge is 0.324 e. The summed E-state index contributed by atoms with van der Waals surface area (Å²) < 4.78 is 44.7. The number of fused-ring (bicyclic) bond motifs is 1. The summed E-state index contributed by atoms with van der Waals surface area (Å²) in [5.74, 6) is -0.551. The van der Waals surface area contributed by atoms with Crippen molar-refractivity contribution in [3.63, 3.8) is 0 Å². The van der Waals surface area contributed by atoms with Gasteiger partial charge in [-0.15, -0.1) is 0 Å². The minimum absolute atomic E-state index is 0.0496. The van der Waals surface area contributed by atoms with Crippen molar-refractivity contribution < 1.29 is 32.2 Å². The van der Waals surface area contributed by atoms with Crippen LogP contribution in [0.2, 0.25) is 0 Å². The Bertz CT molecular complexity index is 1160. The van der Waals surface area contributed by atoms with Crippen LogP contribution in [0, 0.1) is 0 Å². The molecule has 196 valence electrons. The number of esters is 2. The number of hydrogen-bond donors (Lipinski definition) is 1. The zero-order chi connectivity index (χ0) is 26.3. The number of methoxy groups -OCH3 is 1. The first kappa shape index (κ1) is 27.5. The van der Waals surface area contributed by atoms with Crippen LogP contribution < -0.4 is 10.1 Å². The first-order valence-electron chi connectivity index (χ1n) is 11.9. The second kappa shape index (κ2) is 11.7. The molecular weight excluding hydrogens is 484 g/mol. The molecule has 36 heavy (non-hydrogen) atoms. The largest absolute Gasteiger partial charge is 0.489 e. The third kappa shape index (κ3) is 7.20. The summed E-state index contributed by atoms with van der Waals surface area (Å²) in [6.45, 7) is 5.85. The molecule has 1 N–H and O–H groups in total. The molecule has 1 atom stereocenters. The predicted molar refractivity (Wildman–Crippen MR) is 135 cm³/mol. The van der Waals surface area contributed by atoms with Crippen LogP contribution in [0.15, 0.2) is 53.4 Å². The quantitative estimate of drug-likeness (QED) is 0.500. The van der Waals surface area contributed by atoms with Crippen molar-refractivity contribution in [2.24, 2.45) is 0 Å². The number of nitrogens with zero attached hydrogens (tertiary/aromatic N) is 1. The topological polar surface area (TPSA) is 111 Å². The molecule has 0 aliphatic carbocycles. The summed E-state index contributed by atoms with van der Waals surface area (Å²) >= 11 is 0. The van der Waals surface area contributed by atoms with E-state index in [1.54, 1.807) is 32.9 Å². The van der Waals surface area contributed by atoms with Gasteiger partial charge in [-0.05, 0) is 51.3 Å². The minimum Gasteiger partial charge on any atom is -0.489 e. The Labute approximate surface area is 212 Å². The number of sulfonamides is 1. The Morgan fingerprint density at radius 3 is 2.50 bits per heavy atom. The number of carbonyl (C=O) groups is 2. The molecule has 0 spiro atoms. The molecule has 0 unspecified atom stereocenters. The van der Waals surface area contributed by atoms with Gasteiger partial charge in [-0.2, -0.15) is 4.31 Å². The van der Waals surface area contributed by atoms with Crippen LogP contribution in [0.1, 0.15) is 45.6 Å². The van der Waals surface area contributed by atoms with E-state index in [9.17, 15) is 18.0 Å². The lowest BCUT2D eigenvalue weighted by atomic mass is 10.1. The van der Waals surface area contributed by atoms with Crippen molar-refractivity contribution in [3.8, 4) is 5.75 Å². The maximum absolute atomic E-state index is 13.7. The average Bonchev–Trinajstić information content (AvgIpc) is 2.95. The van der Waals surface area contributed by atoms with Crippen molar-refractivity contribution in [1.29, 1.82) is 0 Å². The fourth-order valence-electron chi connectivity index (χ4n) is 3.86. The van der Waals surface area contributed by atoms with E-state index in [1.807, 2.05) is 30.3 Å². The number of ether oxygens (including phenoxy) is 3. The maximum Gasteiger partial charge on any atom is 0.324 e. The van der Waals surface area contributed by atoms with Crippen LogP contribution in [0.4, 0.5) is 5.69 Å². The molecule has 0 saturated heterocycles. The SMILES string of the molecule is COC(=O)CCC[C@H](C(=O)OC(C)(C)C)N1CCNc2cc(OCc3ccccc3)ccc2S1(=O)=O. The van der Waals surface area contributed by atoms with Crippen molar-refractivity contribution in [2.45, 2.75) is 63.2 Å². The van der Waals surface area contributed by atoms with E-state index in [0.717, 1.165) is 5.56 Å². The summed E-state index contributed by atoms with van der Waals surface area (Å²) in [7, 11) is -2.78. The van der Waals surface area contributed by atoms with Crippen LogP contribution in [0.5, 0.6) is 5.75 Å². The van der Waals surface area contributed by atoms with E-state index < -0.39 is 33.6 Å². The lowest BCUT2D eigenvalue weighted by Gasteiger charge is -2.31. The number of rotatable bonds is 9. The fraction of sp³-hybridized carbons (Fsp3) is 0.462. The Hall–Kier alpha value is -3.11. The van der Waals surface area contributed by atoms with Crippen LogP contribution in [0.3, 0.4) is 0 Å². The van der Waals surface area contributed by atoms with Crippen molar-refractivity contribution in [2.75, 3.05) is 25.5 Å². The molecule has 2 aromatic rings. The molecule has 0 amide bonds. The lowest BCUT2D eigenvalue weighted by Crippen LogP contribution is -2.48. The highest BCUT2D eigenvalue weighted by atomic mass is 32.2. The molecule has 0 aromatic heterocycles. The van der Waals surface area contributed by atoms with E-state index in [2.05, 4.69) is 10.1 Å². The van der Waals surface area contributed by atoms with Crippen molar-refractivity contribution in [1.82, 2.24) is 4.31 Å². The van der Waals surface area contributed by atoms with Crippen molar-refractivity contribution in [3.05, 3.63) is 54.1 Å². The van der Waals surface area contributed by atoms with Gasteiger partial charge in [0.1, 0.15) is 28.9 Å². The van der Waals surface area contributed by atoms with Gasteiger partial charge in [-0.25, -0.2) is 8.42 Å². The molecular formula is C26H34N2O7S. The number of carbonyl (C=O) groups excluding carboxylic acids is 2. The van der Waals surface area contributed by atoms with Gasteiger partial charge < -0.3 is 19.5 Å². The minimum atomic E-state index is -4.06. The van der Waals surface area contributed by atoms with Gasteiger partial charge in [0.15, 0.2) is 0 Å². The van der Waals surface area contributed by atoms with Gasteiger partial charge in [0, 0.05) is 25.6 Å². The molecule has 0 bridgehead atoms. The van der Waals surface area contributed by atoms with Crippen LogP contribution in [-0.2, 0) is 35.7 Å². The molecule has 3 rings (SSSR count). The van der Waals surface area contributed by atoms with Gasteiger partial charge in [-0.1, -0.05) is 30.3 Å². The van der Waals surface area contributed by atoms with Gasteiger partial charge in [0.05, 0.1) is 12.8 Å². The summed E-state index contributed by atoms with van der Waals surface area (Å²) in [6, 6.07) is 13.3. The van der Waals surface area contributed by atoms with E-state index in [-0.39, 0.29) is 37.2 Å². The van der Waals surface area contributed by atoms with E-state index in [4.69, 9.17) is 9.47 Å². The molecule has 1 aliphatic rings. The van der Waals surface area contributed by atoms with Gasteiger partial charge in [-0.3, -0.25) is 9.59 Å². The highest BCUT2D eigenvalue weighted by Gasteiger charge is 2.40. The predicted octanol–water partition coefficient (Wildman–Crippen LogP) is 3.74. The highest BCUT2D eigenvalue weighted by Crippen LogP contribution is 2.33. The number of benzene rings is 2. The average molecular weight is 519 g/mol. The molecule has 0 radical (unpaired) electrons. The van der Waals surface area contributed by atoms with Gasteiger partial charge in [0.2, 0.25) is 10.0 Å². The lowest BCUT2D eigenvalue weighted by molar-refractivity contribution is -0.160. The summed E-state index contributed by atoms with van der Waals surface area (Å²) in [4.78, 5) is 24.8. The molecule has 9 nitrogen and oxygen atoms in total. The van der Waals surface area contributed by atoms with Gasteiger partial charge in [0.25, 0.3) is 0 Å². The first-order valence-corrected chi connectivity index (χ1v) is 13.3. The molecule has 2 aromatic carbocycles. The Balaban J connectivity index is 1.85. The monoisotopic (exact) mass is 518 g/mol. The van der Waals surface area contributed by atoms with Gasteiger partial charge >= 0.3 is 11.9 Å². The molecule has 10 heteroatoms. The second-order valence-corrected chi connectivity index (χ2v) is 11.4. The molecule has 1 heterocycles. The van der Waals surface area contributed by atoms with E-state index >= 15 is 0 Å². The number of hydrogen-bond acceptors (Lipinski definition) is 8. The summed E-state index contributed by atoms with van der Waals surface area (Å²) in [5.41, 5.74) is 0.598. The Morgan fingerprint density at radius 2 is 1.83 bits per heavy atom. The van der Waals surface area contributed by atoms with Crippen LogP contribution in [-0.4, -0.2) is 56.5 Å². The normalized spacial score (nSPS) is 16.1. The van der Waals surface area contributed by atoms with Crippen molar-refractivity contribution >= 4 is 27.6 Å². The fourth-order valence-corrected chi connectivity index (χ4v) is 5.62.